The van der Waals surface area contributed by atoms with Crippen LogP contribution in [-0.2, 0) is 7.05 Å². The van der Waals surface area contributed by atoms with E-state index in [-0.39, 0.29) is 11.9 Å². The molecule has 2 rings (SSSR count). The second-order valence-electron chi connectivity index (χ2n) is 4.12. The van der Waals surface area contributed by atoms with Gasteiger partial charge in [0.2, 0.25) is 11.6 Å². The zero-order valence-corrected chi connectivity index (χ0v) is 9.38. The van der Waals surface area contributed by atoms with Gasteiger partial charge in [-0.15, -0.1) is 0 Å². The molecule has 1 saturated heterocycles. The summed E-state index contributed by atoms with van der Waals surface area (Å²) in [6.45, 7) is 3.16. The highest BCUT2D eigenvalue weighted by molar-refractivity contribution is 5.56. The van der Waals surface area contributed by atoms with E-state index in [0.29, 0.717) is 18.2 Å². The maximum absolute atomic E-state index is 10.9. The van der Waals surface area contributed by atoms with Gasteiger partial charge in [-0.25, -0.2) is 0 Å². The third kappa shape index (κ3) is 1.63. The molecule has 1 fully saturated rings. The number of hydrogen-bond donors (Lipinski definition) is 1. The maximum Gasteiger partial charge on any atom is 0.406 e. The van der Waals surface area contributed by atoms with Gasteiger partial charge in [0.15, 0.2) is 0 Å². The van der Waals surface area contributed by atoms with Gasteiger partial charge >= 0.3 is 5.82 Å². The molecule has 0 bridgehead atoms. The molecule has 1 aliphatic heterocycles. The SMILES string of the molecule is Cc1nc([N+](=O)[O-])c(N2CCC(N)C2)n1C. The summed E-state index contributed by atoms with van der Waals surface area (Å²) in [5.41, 5.74) is 5.80. The van der Waals surface area contributed by atoms with Crippen molar-refractivity contribution >= 4 is 11.6 Å². The Morgan fingerprint density at radius 1 is 1.62 bits per heavy atom. The van der Waals surface area contributed by atoms with Crippen LogP contribution < -0.4 is 10.6 Å². The molecule has 2 N–H and O–H groups in total. The molecule has 0 saturated carbocycles. The topological polar surface area (TPSA) is 90.2 Å². The molecule has 16 heavy (non-hydrogen) atoms. The van der Waals surface area contributed by atoms with Crippen molar-refractivity contribution in [3.63, 3.8) is 0 Å². The first-order valence-corrected chi connectivity index (χ1v) is 5.19. The lowest BCUT2D eigenvalue weighted by molar-refractivity contribution is -0.388. The van der Waals surface area contributed by atoms with Crippen LogP contribution in [-0.4, -0.2) is 33.6 Å². The number of rotatable bonds is 2. The quantitative estimate of drug-likeness (QED) is 0.572. The molecule has 0 radical (unpaired) electrons. The highest BCUT2D eigenvalue weighted by atomic mass is 16.6. The third-order valence-corrected chi connectivity index (χ3v) is 2.97. The van der Waals surface area contributed by atoms with Crippen molar-refractivity contribution in [1.29, 1.82) is 0 Å². The zero-order chi connectivity index (χ0) is 11.9. The fraction of sp³-hybridized carbons (Fsp3) is 0.667. The molecule has 0 aliphatic carbocycles. The van der Waals surface area contributed by atoms with E-state index in [0.717, 1.165) is 13.0 Å². The lowest BCUT2D eigenvalue weighted by atomic mass is 10.3. The van der Waals surface area contributed by atoms with Gasteiger partial charge in [-0.3, -0.25) is 4.57 Å². The lowest BCUT2D eigenvalue weighted by Gasteiger charge is -2.16. The molecule has 1 atom stereocenters. The monoisotopic (exact) mass is 225 g/mol. The zero-order valence-electron chi connectivity index (χ0n) is 9.38. The van der Waals surface area contributed by atoms with Crippen LogP contribution in [0.25, 0.3) is 0 Å². The van der Waals surface area contributed by atoms with E-state index in [1.165, 1.54) is 0 Å². The summed E-state index contributed by atoms with van der Waals surface area (Å²) in [7, 11) is 1.79. The fourth-order valence-corrected chi connectivity index (χ4v) is 2.04. The Kier molecular flexibility index (Phi) is 2.55. The van der Waals surface area contributed by atoms with Gasteiger partial charge in [-0.1, -0.05) is 0 Å². The third-order valence-electron chi connectivity index (χ3n) is 2.97. The van der Waals surface area contributed by atoms with Gasteiger partial charge < -0.3 is 20.7 Å². The van der Waals surface area contributed by atoms with Crippen LogP contribution >= 0.6 is 0 Å². The van der Waals surface area contributed by atoms with Gasteiger partial charge in [0.05, 0.1) is 0 Å². The Morgan fingerprint density at radius 3 is 2.81 bits per heavy atom. The number of anilines is 1. The average molecular weight is 225 g/mol. The van der Waals surface area contributed by atoms with Crippen LogP contribution in [0.15, 0.2) is 0 Å². The largest absolute Gasteiger partial charge is 0.406 e. The molecule has 88 valence electrons. The minimum Gasteiger partial charge on any atom is -0.358 e. The smallest absolute Gasteiger partial charge is 0.358 e. The Hall–Kier alpha value is -1.63. The Bertz CT molecular complexity index is 428. The van der Waals surface area contributed by atoms with E-state index in [9.17, 15) is 10.1 Å². The summed E-state index contributed by atoms with van der Waals surface area (Å²) in [6, 6.07) is 0.0924. The number of aryl methyl sites for hydroxylation is 1. The summed E-state index contributed by atoms with van der Waals surface area (Å²) < 4.78 is 1.75. The normalized spacial score (nSPS) is 20.4. The second-order valence-corrected chi connectivity index (χ2v) is 4.12. The van der Waals surface area contributed by atoms with Crippen molar-refractivity contribution in [1.82, 2.24) is 9.55 Å². The molecule has 0 aromatic carbocycles. The van der Waals surface area contributed by atoms with Crippen LogP contribution in [0.5, 0.6) is 0 Å². The molecule has 1 aromatic heterocycles. The van der Waals surface area contributed by atoms with E-state index in [1.807, 2.05) is 4.90 Å². The predicted molar refractivity (Wildman–Crippen MR) is 59.4 cm³/mol. The molecule has 1 aliphatic rings. The number of imidazole rings is 1. The molecular formula is C9H15N5O2. The van der Waals surface area contributed by atoms with Crippen LogP contribution in [0, 0.1) is 17.0 Å². The lowest BCUT2D eigenvalue weighted by Crippen LogP contribution is -2.28. The fourth-order valence-electron chi connectivity index (χ4n) is 2.04. The van der Waals surface area contributed by atoms with Crippen molar-refractivity contribution in [2.75, 3.05) is 18.0 Å². The van der Waals surface area contributed by atoms with Crippen LogP contribution in [0.1, 0.15) is 12.2 Å². The second kappa shape index (κ2) is 3.75. The standard InChI is InChI=1S/C9H15N5O2/c1-6-11-8(14(15)16)9(12(6)2)13-4-3-7(10)5-13/h7H,3-5,10H2,1-2H3. The van der Waals surface area contributed by atoms with E-state index >= 15 is 0 Å². The van der Waals surface area contributed by atoms with Gasteiger partial charge in [0, 0.05) is 33.1 Å². The summed E-state index contributed by atoms with van der Waals surface area (Å²) in [5.74, 6) is 1.13. The first-order valence-electron chi connectivity index (χ1n) is 5.19. The van der Waals surface area contributed by atoms with Gasteiger partial charge in [-0.05, 0) is 16.3 Å². The van der Waals surface area contributed by atoms with Crippen LogP contribution in [0.3, 0.4) is 0 Å². The average Bonchev–Trinajstić information content (AvgIpc) is 2.73. The Balaban J connectivity index is 2.42. The molecular weight excluding hydrogens is 210 g/mol. The van der Waals surface area contributed by atoms with E-state index in [4.69, 9.17) is 5.73 Å². The molecule has 0 spiro atoms. The van der Waals surface area contributed by atoms with Gasteiger partial charge in [0.1, 0.15) is 0 Å². The Labute approximate surface area is 93.0 Å². The molecule has 7 nitrogen and oxygen atoms in total. The molecule has 0 amide bonds. The van der Waals surface area contributed by atoms with E-state index < -0.39 is 4.92 Å². The number of hydrogen-bond acceptors (Lipinski definition) is 5. The maximum atomic E-state index is 10.9. The van der Waals surface area contributed by atoms with Crippen molar-refractivity contribution in [3.8, 4) is 0 Å². The molecule has 1 aromatic rings. The first-order chi connectivity index (χ1) is 7.50. The number of nitro groups is 1. The number of nitrogens with two attached hydrogens (primary N) is 1. The minimum absolute atomic E-state index is 0.0749. The molecule has 2 heterocycles. The van der Waals surface area contributed by atoms with Crippen molar-refractivity contribution in [2.45, 2.75) is 19.4 Å². The van der Waals surface area contributed by atoms with Crippen LogP contribution in [0.2, 0.25) is 0 Å². The summed E-state index contributed by atoms with van der Waals surface area (Å²) in [4.78, 5) is 16.4. The summed E-state index contributed by atoms with van der Waals surface area (Å²) >= 11 is 0. The number of aromatic nitrogens is 2. The summed E-state index contributed by atoms with van der Waals surface area (Å²) in [5, 5.41) is 10.9. The Morgan fingerprint density at radius 2 is 2.31 bits per heavy atom. The number of nitrogens with zero attached hydrogens (tertiary/aromatic N) is 4. The van der Waals surface area contributed by atoms with Crippen LogP contribution in [0.4, 0.5) is 11.6 Å². The van der Waals surface area contributed by atoms with Crippen molar-refractivity contribution in [2.24, 2.45) is 12.8 Å². The van der Waals surface area contributed by atoms with E-state index in [1.54, 1.807) is 18.5 Å². The molecule has 7 heteroatoms. The van der Waals surface area contributed by atoms with Gasteiger partial charge in [-0.2, -0.15) is 0 Å². The highest BCUT2D eigenvalue weighted by Crippen LogP contribution is 2.30. The minimum atomic E-state index is -0.438. The van der Waals surface area contributed by atoms with E-state index in [2.05, 4.69) is 4.98 Å². The van der Waals surface area contributed by atoms with Crippen molar-refractivity contribution in [3.05, 3.63) is 15.9 Å². The van der Waals surface area contributed by atoms with Crippen molar-refractivity contribution < 1.29 is 4.92 Å². The first kappa shape index (κ1) is 10.9. The summed E-state index contributed by atoms with van der Waals surface area (Å²) in [6.07, 6.45) is 0.862. The highest BCUT2D eigenvalue weighted by Gasteiger charge is 2.31. The van der Waals surface area contributed by atoms with Gasteiger partial charge in [0.25, 0.3) is 0 Å². The predicted octanol–water partition coefficient (Wildman–Crippen LogP) is 0.174. The molecule has 1 unspecified atom stereocenters.